The molecule has 0 fully saturated rings. The first-order valence-corrected chi connectivity index (χ1v) is 22.4. The molecule has 0 radical (unpaired) electrons. The van der Waals surface area contributed by atoms with Crippen molar-refractivity contribution in [1.29, 1.82) is 0 Å². The van der Waals surface area contributed by atoms with Gasteiger partial charge in [0.25, 0.3) is 5.88 Å². The smallest absolute Gasteiger partial charge is 0.285 e. The van der Waals surface area contributed by atoms with Gasteiger partial charge in [0.2, 0.25) is 6.20 Å². The molecule has 0 bridgehead atoms. The number of hydrogen-bond donors (Lipinski definition) is 0. The highest BCUT2D eigenvalue weighted by Gasteiger charge is 2.52. The van der Waals surface area contributed by atoms with Crippen molar-refractivity contribution < 1.29 is 97.1 Å². The van der Waals surface area contributed by atoms with Crippen LogP contribution in [-0.4, -0.2) is 11.1 Å². The molecule has 75 heavy (non-hydrogen) atoms. The second-order valence-corrected chi connectivity index (χ2v) is 16.8. The van der Waals surface area contributed by atoms with Crippen LogP contribution < -0.4 is 31.2 Å². The lowest BCUT2D eigenvalue weighted by Gasteiger charge is -2.44. The fourth-order valence-electron chi connectivity index (χ4n) is 8.54. The van der Waals surface area contributed by atoms with Gasteiger partial charge in [0.1, 0.15) is 58.4 Å². The molecule has 0 atom stereocenters. The van der Waals surface area contributed by atoms with Crippen molar-refractivity contribution in [3.63, 3.8) is 0 Å². The number of aryl methyl sites for hydroxylation is 1. The van der Waals surface area contributed by atoms with E-state index in [0.717, 1.165) is 18.7 Å². The van der Waals surface area contributed by atoms with Gasteiger partial charge in [-0.1, -0.05) is 94.3 Å². The van der Waals surface area contributed by atoms with Crippen LogP contribution in [0.1, 0.15) is 69.4 Å². The molecule has 7 aromatic rings. The zero-order chi connectivity index (χ0) is 55.2. The van der Waals surface area contributed by atoms with E-state index < -0.39 is 144 Å². The Morgan fingerprint density at radius 3 is 1.08 bits per heavy atom. The van der Waals surface area contributed by atoms with E-state index in [-0.39, 0.29) is 0 Å². The number of halogens is 20. The predicted molar refractivity (Wildman–Crippen MR) is 232 cm³/mol. The third-order valence-corrected chi connectivity index (χ3v) is 12.1. The first-order valence-electron chi connectivity index (χ1n) is 22.4. The maximum absolute atomic E-state index is 15.4. The van der Waals surface area contributed by atoms with Gasteiger partial charge in [0.15, 0.2) is 82.5 Å². The highest BCUT2D eigenvalue weighted by molar-refractivity contribution is 7.20. The fraction of sp³-hybridized carbons (Fsp3) is 0.216. The first-order chi connectivity index (χ1) is 35.5. The molecule has 0 aliphatic rings. The van der Waals surface area contributed by atoms with E-state index in [0.29, 0.717) is 5.88 Å². The summed E-state index contributed by atoms with van der Waals surface area (Å²) >= 11 is 0. The molecule has 0 amide bonds. The van der Waals surface area contributed by atoms with Crippen molar-refractivity contribution in [2.45, 2.75) is 71.3 Å². The van der Waals surface area contributed by atoms with Crippen molar-refractivity contribution in [2.75, 3.05) is 0 Å². The van der Waals surface area contributed by atoms with Crippen molar-refractivity contribution in [1.82, 2.24) is 4.98 Å². The minimum Gasteiger partial charge on any atom is -0.434 e. The molecule has 398 valence electrons. The average molecular weight is 1080 g/mol. The second kappa shape index (κ2) is 24.0. The van der Waals surface area contributed by atoms with Gasteiger partial charge in [-0.2, -0.15) is 4.57 Å². The summed E-state index contributed by atoms with van der Waals surface area (Å²) in [5, 5.41) is 0. The van der Waals surface area contributed by atoms with Crippen LogP contribution in [0, 0.1) is 116 Å². The average Bonchev–Trinajstić information content (AvgIpc) is 3.40. The summed E-state index contributed by atoms with van der Waals surface area (Å²) in [5.74, 6) is -70.0. The first kappa shape index (κ1) is 57.1. The van der Waals surface area contributed by atoms with E-state index >= 15 is 35.1 Å². The second-order valence-electron chi connectivity index (χ2n) is 16.8. The van der Waals surface area contributed by atoms with Gasteiger partial charge in [-0.15, -0.1) is 21.9 Å². The molecule has 6 aromatic carbocycles. The van der Waals surface area contributed by atoms with Crippen molar-refractivity contribution >= 4 is 28.0 Å². The molecular formula is C51H35BF20N2O. The van der Waals surface area contributed by atoms with Gasteiger partial charge < -0.3 is 4.74 Å². The zero-order valence-corrected chi connectivity index (χ0v) is 38.4. The molecule has 24 heteroatoms. The number of unbranched alkanes of at least 4 members (excludes halogenated alkanes) is 7. The molecule has 0 aliphatic heterocycles. The topological polar surface area (TPSA) is 26.0 Å². The Morgan fingerprint density at radius 1 is 0.387 bits per heavy atom. The van der Waals surface area contributed by atoms with E-state index in [1.165, 1.54) is 62.5 Å². The molecule has 7 rings (SSSR count). The Morgan fingerprint density at radius 2 is 0.720 bits per heavy atom. The van der Waals surface area contributed by atoms with Gasteiger partial charge in [-0.3, -0.25) is 0 Å². The highest BCUT2D eigenvalue weighted by atomic mass is 19.2. The number of nitrogens with zero attached hydrogens (tertiary/aromatic N) is 2. The lowest BCUT2D eigenvalue weighted by molar-refractivity contribution is -0.689. The molecule has 1 heterocycles. The summed E-state index contributed by atoms with van der Waals surface area (Å²) in [5.41, 5.74) is -11.7. The number of hydrogen-bond acceptors (Lipinski definition) is 2. The van der Waals surface area contributed by atoms with Gasteiger partial charge >= 0.3 is 0 Å². The summed E-state index contributed by atoms with van der Waals surface area (Å²) in [6.45, 7) is 3.08. The quantitative estimate of drug-likeness (QED) is 0.0227. The molecule has 0 unspecified atom stereocenters. The predicted octanol–water partition coefficient (Wildman–Crippen LogP) is 12.7. The monoisotopic (exact) mass is 1080 g/mol. The minimum atomic E-state index is -7.22. The summed E-state index contributed by atoms with van der Waals surface area (Å²) in [6.07, 6.45) is 10.5. The number of ether oxygens (including phenoxy) is 1. The lowest BCUT2D eigenvalue weighted by Crippen LogP contribution is -2.81. The molecule has 0 N–H and O–H groups in total. The maximum Gasteiger partial charge on any atom is 0.285 e. The van der Waals surface area contributed by atoms with Crippen LogP contribution in [0.25, 0.3) is 0 Å². The Kier molecular flexibility index (Phi) is 18.3. The van der Waals surface area contributed by atoms with E-state index in [1.54, 1.807) is 6.20 Å². The lowest BCUT2D eigenvalue weighted by atomic mass is 9.12. The van der Waals surface area contributed by atoms with Crippen LogP contribution in [0.3, 0.4) is 0 Å². The van der Waals surface area contributed by atoms with E-state index in [2.05, 4.69) is 65.0 Å². The van der Waals surface area contributed by atoms with Gasteiger partial charge in [0.05, 0.1) is 6.20 Å². The SMILES string of the molecule is CCCCCCCCCCc1ccc(Oc2c[n+](Cc3ccccc3)ccn2)cc1.Fc1c(F)c(F)c([B-](c2c(F)c(F)c(F)c(F)c2F)(c2c(F)c(F)c(F)c(F)c2F)c2c(F)c(F)c(F)c(F)c2F)c(F)c1F. The number of rotatable bonds is 17. The fourth-order valence-corrected chi connectivity index (χ4v) is 8.54. The number of aromatic nitrogens is 2. The van der Waals surface area contributed by atoms with Crippen LogP contribution in [-0.2, 0) is 13.0 Å². The van der Waals surface area contributed by atoms with Gasteiger partial charge in [-0.05, 0) is 30.5 Å². The van der Waals surface area contributed by atoms with Crippen LogP contribution in [0.4, 0.5) is 87.8 Å². The molecule has 0 spiro atoms. The molecule has 1 aromatic heterocycles. The zero-order valence-electron chi connectivity index (χ0n) is 38.4. The highest BCUT2D eigenvalue weighted by Crippen LogP contribution is 2.31. The number of benzene rings is 6. The Labute approximate surface area is 413 Å². The van der Waals surface area contributed by atoms with Crippen molar-refractivity contribution in [2.24, 2.45) is 0 Å². The van der Waals surface area contributed by atoms with Crippen LogP contribution >= 0.6 is 0 Å². The Hall–Kier alpha value is -7.14. The molecule has 3 nitrogen and oxygen atoms in total. The Bertz CT molecular complexity index is 2830. The van der Waals surface area contributed by atoms with Crippen LogP contribution in [0.2, 0.25) is 0 Å². The van der Waals surface area contributed by atoms with Crippen molar-refractivity contribution in [3.8, 4) is 11.6 Å². The summed E-state index contributed by atoms with van der Waals surface area (Å²) < 4.78 is 302. The van der Waals surface area contributed by atoms with Crippen molar-refractivity contribution in [3.05, 3.63) is 201 Å². The molecule has 0 saturated heterocycles. The third-order valence-electron chi connectivity index (χ3n) is 12.1. The van der Waals surface area contributed by atoms with E-state index in [9.17, 15) is 52.7 Å². The minimum absolute atomic E-state index is 0.615. The van der Waals surface area contributed by atoms with E-state index in [1.807, 2.05) is 18.5 Å². The largest absolute Gasteiger partial charge is 0.434 e. The van der Waals surface area contributed by atoms with Gasteiger partial charge in [0, 0.05) is 5.56 Å². The van der Waals surface area contributed by atoms with Crippen LogP contribution in [0.5, 0.6) is 11.6 Å². The van der Waals surface area contributed by atoms with Crippen LogP contribution in [0.15, 0.2) is 73.2 Å². The molecule has 0 aliphatic carbocycles. The molecule has 0 saturated carbocycles. The van der Waals surface area contributed by atoms with Gasteiger partial charge in [-0.25, -0.2) is 92.8 Å². The maximum atomic E-state index is 15.4. The summed E-state index contributed by atoms with van der Waals surface area (Å²) in [7, 11) is 0. The standard InChI is InChI=1S/C27H35N2O.C24BF20/c1-2-3-4-5-6-7-8-10-13-24-16-18-26(19-17-24)30-27-23-29(21-20-28-27)22-25-14-11-9-12-15-25;26-5-1(6(27)14(35)21(42)13(5)34)25(2-7(28)15(36)22(43)16(37)8(2)29,3-9(30)17(38)23(44)18(39)10(3)31)4-11(32)19(40)24(45)20(41)12(4)33/h9,11-12,14-21,23H,2-8,10,13,22H2,1H3;/q+1;-1. The molecular weight excluding hydrogens is 1050 g/mol. The summed E-state index contributed by atoms with van der Waals surface area (Å²) in [6, 6.07) is 18.9. The third kappa shape index (κ3) is 11.1. The summed E-state index contributed by atoms with van der Waals surface area (Å²) in [4.78, 5) is 4.35. The Balaban J connectivity index is 0.000000264. The van der Waals surface area contributed by atoms with E-state index in [4.69, 9.17) is 4.74 Å². The normalized spacial score (nSPS) is 11.5.